The second kappa shape index (κ2) is 7.77. The maximum absolute atomic E-state index is 11.5. The van der Waals surface area contributed by atoms with Gasteiger partial charge in [-0.25, -0.2) is 0 Å². The molecular formula is C18H27N3OS. The van der Waals surface area contributed by atoms with E-state index in [0.717, 1.165) is 38.2 Å². The van der Waals surface area contributed by atoms with Crippen molar-refractivity contribution in [3.8, 4) is 0 Å². The number of hydrogen-bond acceptors (Lipinski definition) is 2. The number of rotatable bonds is 5. The fraction of sp³-hybridized carbons (Fsp3) is 0.556. The van der Waals surface area contributed by atoms with Crippen LogP contribution in [0.25, 0.3) is 0 Å². The van der Waals surface area contributed by atoms with Gasteiger partial charge in [0.2, 0.25) is 5.91 Å². The Morgan fingerprint density at radius 1 is 1.26 bits per heavy atom. The van der Waals surface area contributed by atoms with E-state index in [1.54, 1.807) is 0 Å². The van der Waals surface area contributed by atoms with Gasteiger partial charge in [0.25, 0.3) is 0 Å². The molecular weight excluding hydrogens is 306 g/mol. The Labute approximate surface area is 144 Å². The average molecular weight is 334 g/mol. The van der Waals surface area contributed by atoms with Crippen LogP contribution >= 0.6 is 12.2 Å². The van der Waals surface area contributed by atoms with Crippen molar-refractivity contribution >= 4 is 28.9 Å². The molecule has 1 aromatic carbocycles. The van der Waals surface area contributed by atoms with Gasteiger partial charge in [-0.1, -0.05) is 32.9 Å². The number of benzene rings is 1. The van der Waals surface area contributed by atoms with E-state index in [1.165, 1.54) is 5.56 Å². The van der Waals surface area contributed by atoms with Crippen LogP contribution in [0.5, 0.6) is 0 Å². The molecule has 0 aliphatic carbocycles. The summed E-state index contributed by atoms with van der Waals surface area (Å²) in [6, 6.07) is 8.36. The number of thiocarbonyl (C=S) groups is 1. The molecule has 1 saturated heterocycles. The molecule has 4 nitrogen and oxygen atoms in total. The lowest BCUT2D eigenvalue weighted by Crippen LogP contribution is -2.32. The predicted octanol–water partition coefficient (Wildman–Crippen LogP) is 3.28. The van der Waals surface area contributed by atoms with Gasteiger partial charge in [-0.15, -0.1) is 0 Å². The van der Waals surface area contributed by atoms with Crippen LogP contribution in [0.3, 0.4) is 0 Å². The van der Waals surface area contributed by atoms with Crippen molar-refractivity contribution in [1.29, 1.82) is 0 Å². The molecule has 5 heteroatoms. The van der Waals surface area contributed by atoms with Gasteiger partial charge in [0.1, 0.15) is 0 Å². The maximum atomic E-state index is 11.5. The van der Waals surface area contributed by atoms with Crippen LogP contribution in [-0.2, 0) is 10.2 Å². The van der Waals surface area contributed by atoms with E-state index >= 15 is 0 Å². The van der Waals surface area contributed by atoms with E-state index in [2.05, 4.69) is 55.7 Å². The summed E-state index contributed by atoms with van der Waals surface area (Å²) in [6.07, 6.45) is 2.62. The normalized spacial score (nSPS) is 14.9. The number of hydrogen-bond donors (Lipinski definition) is 2. The molecule has 1 aliphatic rings. The second-order valence-corrected chi connectivity index (χ2v) is 7.45. The second-order valence-electron chi connectivity index (χ2n) is 7.05. The molecule has 0 bridgehead atoms. The number of carbonyl (C=O) groups is 1. The third-order valence-electron chi connectivity index (χ3n) is 4.07. The molecule has 126 valence electrons. The summed E-state index contributed by atoms with van der Waals surface area (Å²) in [6.45, 7) is 9.10. The summed E-state index contributed by atoms with van der Waals surface area (Å²) < 4.78 is 0. The van der Waals surface area contributed by atoms with Gasteiger partial charge >= 0.3 is 0 Å². The highest BCUT2D eigenvalue weighted by molar-refractivity contribution is 7.80. The first-order valence-electron chi connectivity index (χ1n) is 8.29. The summed E-state index contributed by atoms with van der Waals surface area (Å²) in [5.74, 6) is 0.282. The Bertz CT molecular complexity index is 548. The zero-order valence-corrected chi connectivity index (χ0v) is 15.1. The van der Waals surface area contributed by atoms with E-state index in [0.29, 0.717) is 11.5 Å². The molecule has 0 unspecified atom stereocenters. The highest BCUT2D eigenvalue weighted by Gasteiger charge is 2.18. The van der Waals surface area contributed by atoms with Gasteiger partial charge in [-0.3, -0.25) is 4.79 Å². The van der Waals surface area contributed by atoms with E-state index < -0.39 is 0 Å². The topological polar surface area (TPSA) is 44.4 Å². The Morgan fingerprint density at radius 2 is 1.96 bits per heavy atom. The van der Waals surface area contributed by atoms with Gasteiger partial charge in [-0.2, -0.15) is 0 Å². The minimum atomic E-state index is 0.157. The summed E-state index contributed by atoms with van der Waals surface area (Å²) in [7, 11) is 0. The molecule has 1 aliphatic heterocycles. The molecule has 0 aromatic heterocycles. The van der Waals surface area contributed by atoms with E-state index in [-0.39, 0.29) is 11.3 Å². The van der Waals surface area contributed by atoms with Crippen molar-refractivity contribution in [2.24, 2.45) is 0 Å². The van der Waals surface area contributed by atoms with Crippen LogP contribution < -0.4 is 10.6 Å². The highest BCUT2D eigenvalue weighted by Crippen LogP contribution is 2.23. The molecule has 1 amide bonds. The molecule has 0 spiro atoms. The fourth-order valence-electron chi connectivity index (χ4n) is 2.64. The standard InChI is InChI=1S/C18H27N3OS/c1-18(2,3)14-7-9-15(10-8-14)20-17(23)19-11-5-13-21-12-4-6-16(21)22/h7-10H,4-6,11-13H2,1-3H3,(H2,19,20,23). The van der Waals surface area contributed by atoms with Crippen LogP contribution in [0.4, 0.5) is 5.69 Å². The van der Waals surface area contributed by atoms with E-state index in [1.807, 2.05) is 4.90 Å². The SMILES string of the molecule is CC(C)(C)c1ccc(NC(=S)NCCCN2CCCC2=O)cc1. The largest absolute Gasteiger partial charge is 0.362 e. The van der Waals surface area contributed by atoms with Gasteiger partial charge in [0.05, 0.1) is 0 Å². The molecule has 0 radical (unpaired) electrons. The van der Waals surface area contributed by atoms with Gasteiger partial charge in [-0.05, 0) is 48.2 Å². The van der Waals surface area contributed by atoms with Crippen LogP contribution in [0.1, 0.15) is 45.6 Å². The quantitative estimate of drug-likeness (QED) is 0.641. The monoisotopic (exact) mass is 333 g/mol. The van der Waals surface area contributed by atoms with Crippen molar-refractivity contribution in [2.45, 2.75) is 45.4 Å². The third kappa shape index (κ3) is 5.50. The first kappa shape index (κ1) is 17.7. The summed E-state index contributed by atoms with van der Waals surface area (Å²) in [5.41, 5.74) is 2.45. The number of amides is 1. The number of anilines is 1. The zero-order valence-electron chi connectivity index (χ0n) is 14.3. The van der Waals surface area contributed by atoms with E-state index in [4.69, 9.17) is 12.2 Å². The lowest BCUT2D eigenvalue weighted by molar-refractivity contribution is -0.127. The summed E-state index contributed by atoms with van der Waals surface area (Å²) >= 11 is 5.31. The predicted molar refractivity (Wildman–Crippen MR) is 99.8 cm³/mol. The van der Waals surface area contributed by atoms with E-state index in [9.17, 15) is 4.79 Å². The van der Waals surface area contributed by atoms with Crippen molar-refractivity contribution in [3.05, 3.63) is 29.8 Å². The molecule has 2 N–H and O–H groups in total. The number of likely N-dealkylation sites (tertiary alicyclic amines) is 1. The van der Waals surface area contributed by atoms with Crippen molar-refractivity contribution in [2.75, 3.05) is 25.0 Å². The van der Waals surface area contributed by atoms with Crippen molar-refractivity contribution in [1.82, 2.24) is 10.2 Å². The number of nitrogens with zero attached hydrogens (tertiary/aromatic N) is 1. The first-order chi connectivity index (χ1) is 10.9. The Morgan fingerprint density at radius 3 is 2.52 bits per heavy atom. The fourth-order valence-corrected chi connectivity index (χ4v) is 2.86. The Hall–Kier alpha value is -1.62. The van der Waals surface area contributed by atoms with Crippen molar-refractivity contribution < 1.29 is 4.79 Å². The summed E-state index contributed by atoms with van der Waals surface area (Å²) in [4.78, 5) is 13.4. The van der Waals surface area contributed by atoms with Gasteiger partial charge < -0.3 is 15.5 Å². The Balaban J connectivity index is 1.69. The molecule has 1 heterocycles. The Kier molecular flexibility index (Phi) is 5.99. The number of carbonyl (C=O) groups excluding carboxylic acids is 1. The molecule has 1 fully saturated rings. The lowest BCUT2D eigenvalue weighted by atomic mass is 9.87. The van der Waals surface area contributed by atoms with Crippen molar-refractivity contribution in [3.63, 3.8) is 0 Å². The third-order valence-corrected chi connectivity index (χ3v) is 4.32. The first-order valence-corrected chi connectivity index (χ1v) is 8.70. The maximum Gasteiger partial charge on any atom is 0.222 e. The molecule has 2 rings (SSSR count). The van der Waals surface area contributed by atoms with Crippen LogP contribution in [-0.4, -0.2) is 35.6 Å². The zero-order chi connectivity index (χ0) is 16.9. The number of nitrogens with one attached hydrogen (secondary N) is 2. The molecule has 1 aromatic rings. The average Bonchev–Trinajstić information content (AvgIpc) is 2.89. The lowest BCUT2D eigenvalue weighted by Gasteiger charge is -2.19. The van der Waals surface area contributed by atoms with Crippen LogP contribution in [0, 0.1) is 0 Å². The van der Waals surface area contributed by atoms with Gasteiger partial charge in [0, 0.05) is 31.7 Å². The minimum Gasteiger partial charge on any atom is -0.362 e. The van der Waals surface area contributed by atoms with Crippen LogP contribution in [0.15, 0.2) is 24.3 Å². The van der Waals surface area contributed by atoms with Crippen LogP contribution in [0.2, 0.25) is 0 Å². The molecule has 23 heavy (non-hydrogen) atoms. The van der Waals surface area contributed by atoms with Gasteiger partial charge in [0.15, 0.2) is 5.11 Å². The highest BCUT2D eigenvalue weighted by atomic mass is 32.1. The smallest absolute Gasteiger partial charge is 0.222 e. The molecule has 0 atom stereocenters. The summed E-state index contributed by atoms with van der Waals surface area (Å²) in [5, 5.41) is 7.02. The molecule has 0 saturated carbocycles. The minimum absolute atomic E-state index is 0.157.